The third-order valence-corrected chi connectivity index (χ3v) is 6.55. The molecule has 0 saturated heterocycles. The lowest BCUT2D eigenvalue weighted by atomic mass is 10.1. The lowest BCUT2D eigenvalue weighted by molar-refractivity contribution is 0.593. The topological polar surface area (TPSA) is 37.4 Å². The molecule has 0 spiro atoms. The summed E-state index contributed by atoms with van der Waals surface area (Å²) in [6, 6.07) is 16.0. The van der Waals surface area contributed by atoms with E-state index in [-0.39, 0.29) is 6.54 Å². The minimum absolute atomic E-state index is 0.106. The summed E-state index contributed by atoms with van der Waals surface area (Å²) in [5.41, 5.74) is 1.26. The van der Waals surface area contributed by atoms with Crippen LogP contribution in [0.3, 0.4) is 0 Å². The van der Waals surface area contributed by atoms with Crippen molar-refractivity contribution in [2.75, 3.05) is 4.31 Å². The maximum absolute atomic E-state index is 12.9. The maximum Gasteiger partial charge on any atom is 0.265 e. The number of halogens is 2. The predicted octanol–water partition coefficient (Wildman–Crippen LogP) is 4.86. The van der Waals surface area contributed by atoms with Gasteiger partial charge in [0.25, 0.3) is 10.0 Å². The van der Waals surface area contributed by atoms with Crippen molar-refractivity contribution in [2.24, 2.45) is 0 Å². The highest BCUT2D eigenvalue weighted by atomic mass is 35.5. The highest BCUT2D eigenvalue weighted by Crippen LogP contribution is 2.43. The van der Waals surface area contributed by atoms with Crippen molar-refractivity contribution >= 4 is 49.7 Å². The van der Waals surface area contributed by atoms with Crippen LogP contribution >= 0.6 is 23.2 Å². The van der Waals surface area contributed by atoms with Crippen LogP contribution in [0.5, 0.6) is 0 Å². The van der Waals surface area contributed by atoms with Crippen LogP contribution in [0, 0.1) is 0 Å². The molecule has 0 aromatic heterocycles. The van der Waals surface area contributed by atoms with Crippen LogP contribution in [-0.2, 0) is 16.6 Å². The van der Waals surface area contributed by atoms with Crippen molar-refractivity contribution in [1.82, 2.24) is 0 Å². The molecule has 116 valence electrons. The van der Waals surface area contributed by atoms with Crippen LogP contribution in [0.4, 0.5) is 5.69 Å². The number of benzene rings is 3. The number of rotatable bonds is 2. The average Bonchev–Trinajstić information content (AvgIpc) is 2.74. The Kier molecular flexibility index (Phi) is 3.30. The molecule has 1 heterocycles. The van der Waals surface area contributed by atoms with Gasteiger partial charge in [-0.2, -0.15) is 0 Å². The molecular formula is C17H11Cl2NO2S. The molecule has 0 bridgehead atoms. The van der Waals surface area contributed by atoms with Gasteiger partial charge < -0.3 is 0 Å². The molecule has 0 radical (unpaired) electrons. The number of hydrogen-bond acceptors (Lipinski definition) is 2. The Hall–Kier alpha value is -1.75. The summed E-state index contributed by atoms with van der Waals surface area (Å²) in [5.74, 6) is 0. The van der Waals surface area contributed by atoms with Gasteiger partial charge >= 0.3 is 0 Å². The van der Waals surface area contributed by atoms with Crippen LogP contribution in [0.25, 0.3) is 10.8 Å². The van der Waals surface area contributed by atoms with E-state index in [2.05, 4.69) is 0 Å². The van der Waals surface area contributed by atoms with Gasteiger partial charge in [0.15, 0.2) is 0 Å². The molecular weight excluding hydrogens is 353 g/mol. The van der Waals surface area contributed by atoms with E-state index in [0.29, 0.717) is 26.2 Å². The zero-order valence-electron chi connectivity index (χ0n) is 11.8. The minimum atomic E-state index is -3.61. The summed E-state index contributed by atoms with van der Waals surface area (Å²) < 4.78 is 27.2. The van der Waals surface area contributed by atoms with Crippen LogP contribution in [0.15, 0.2) is 59.5 Å². The number of sulfonamides is 1. The van der Waals surface area contributed by atoms with Crippen molar-refractivity contribution in [3.8, 4) is 0 Å². The SMILES string of the molecule is O=S1(=O)c2cccc3cccc(c23)N1Cc1c(Cl)cccc1Cl. The van der Waals surface area contributed by atoms with Crippen LogP contribution in [-0.4, -0.2) is 8.42 Å². The van der Waals surface area contributed by atoms with Crippen molar-refractivity contribution in [3.63, 3.8) is 0 Å². The van der Waals surface area contributed by atoms with E-state index in [1.54, 1.807) is 36.4 Å². The Labute approximate surface area is 144 Å². The van der Waals surface area contributed by atoms with Gasteiger partial charge in [-0.05, 0) is 29.7 Å². The minimum Gasteiger partial charge on any atom is -0.261 e. The monoisotopic (exact) mass is 363 g/mol. The number of hydrogen-bond donors (Lipinski definition) is 0. The number of nitrogens with zero attached hydrogens (tertiary/aromatic N) is 1. The third kappa shape index (κ3) is 2.13. The second-order valence-electron chi connectivity index (χ2n) is 5.34. The van der Waals surface area contributed by atoms with Gasteiger partial charge in [0, 0.05) is 21.0 Å². The predicted molar refractivity (Wildman–Crippen MR) is 93.8 cm³/mol. The van der Waals surface area contributed by atoms with Gasteiger partial charge in [0.1, 0.15) is 0 Å². The molecule has 0 aliphatic carbocycles. The molecule has 6 heteroatoms. The first-order valence-corrected chi connectivity index (χ1v) is 9.17. The van der Waals surface area contributed by atoms with Crippen LogP contribution in [0.1, 0.15) is 5.56 Å². The third-order valence-electron chi connectivity index (χ3n) is 4.04. The van der Waals surface area contributed by atoms with Gasteiger partial charge in [-0.25, -0.2) is 8.42 Å². The number of anilines is 1. The highest BCUT2D eigenvalue weighted by Gasteiger charge is 2.36. The van der Waals surface area contributed by atoms with Gasteiger partial charge in [-0.3, -0.25) is 4.31 Å². The fraction of sp³-hybridized carbons (Fsp3) is 0.0588. The lowest BCUT2D eigenvalue weighted by Crippen LogP contribution is -2.26. The lowest BCUT2D eigenvalue weighted by Gasteiger charge is -2.20. The average molecular weight is 364 g/mol. The summed E-state index contributed by atoms with van der Waals surface area (Å²) in [5, 5.41) is 2.56. The summed E-state index contributed by atoms with van der Waals surface area (Å²) in [6.07, 6.45) is 0. The van der Waals surface area contributed by atoms with Gasteiger partial charge in [-0.1, -0.05) is 53.5 Å². The van der Waals surface area contributed by atoms with Gasteiger partial charge in [0.05, 0.1) is 17.1 Å². The van der Waals surface area contributed by atoms with Crippen LogP contribution in [0.2, 0.25) is 10.0 Å². The zero-order valence-corrected chi connectivity index (χ0v) is 14.2. The Balaban J connectivity index is 1.93. The van der Waals surface area contributed by atoms with Crippen molar-refractivity contribution < 1.29 is 8.42 Å². The largest absolute Gasteiger partial charge is 0.265 e. The molecule has 0 saturated carbocycles. The second kappa shape index (κ2) is 5.13. The molecule has 1 aliphatic rings. The summed E-state index contributed by atoms with van der Waals surface area (Å²) in [6.45, 7) is 0.106. The fourth-order valence-electron chi connectivity index (χ4n) is 2.96. The molecule has 0 amide bonds. The first kappa shape index (κ1) is 14.8. The van der Waals surface area contributed by atoms with E-state index in [9.17, 15) is 8.42 Å². The highest BCUT2D eigenvalue weighted by molar-refractivity contribution is 7.93. The standard InChI is InChI=1S/C17H11Cl2NO2S/c18-13-6-3-7-14(19)12(13)10-20-15-8-1-4-11-5-2-9-16(17(11)15)23(20,21)22/h1-9H,10H2. The van der Waals surface area contributed by atoms with Gasteiger partial charge in [0.2, 0.25) is 0 Å². The molecule has 3 nitrogen and oxygen atoms in total. The molecule has 0 N–H and O–H groups in total. The zero-order chi connectivity index (χ0) is 16.2. The van der Waals surface area contributed by atoms with Gasteiger partial charge in [-0.15, -0.1) is 0 Å². The van der Waals surface area contributed by atoms with E-state index in [1.807, 2.05) is 18.2 Å². The quantitative estimate of drug-likeness (QED) is 0.652. The Bertz CT molecular complexity index is 1020. The first-order chi connectivity index (χ1) is 11.0. The van der Waals surface area contributed by atoms with E-state index in [1.165, 1.54) is 4.31 Å². The summed E-state index contributed by atoms with van der Waals surface area (Å²) >= 11 is 12.4. The van der Waals surface area contributed by atoms with E-state index >= 15 is 0 Å². The second-order valence-corrected chi connectivity index (χ2v) is 7.99. The fourth-order valence-corrected chi connectivity index (χ4v) is 5.15. The smallest absolute Gasteiger partial charge is 0.261 e. The molecule has 3 aromatic carbocycles. The molecule has 4 rings (SSSR count). The summed E-state index contributed by atoms with van der Waals surface area (Å²) in [4.78, 5) is 0.328. The summed E-state index contributed by atoms with van der Waals surface area (Å²) in [7, 11) is -3.61. The van der Waals surface area contributed by atoms with Crippen molar-refractivity contribution in [2.45, 2.75) is 11.4 Å². The first-order valence-electron chi connectivity index (χ1n) is 6.97. The Morgan fingerprint density at radius 3 is 2.17 bits per heavy atom. The molecule has 0 unspecified atom stereocenters. The maximum atomic E-state index is 12.9. The Morgan fingerprint density at radius 1 is 0.870 bits per heavy atom. The normalized spacial score (nSPS) is 15.3. The molecule has 3 aromatic rings. The molecule has 0 atom stereocenters. The van der Waals surface area contributed by atoms with E-state index in [4.69, 9.17) is 23.2 Å². The molecule has 0 fully saturated rings. The van der Waals surface area contributed by atoms with Crippen LogP contribution < -0.4 is 4.31 Å². The Morgan fingerprint density at radius 2 is 1.48 bits per heavy atom. The molecule has 1 aliphatic heterocycles. The van der Waals surface area contributed by atoms with E-state index < -0.39 is 10.0 Å². The van der Waals surface area contributed by atoms with E-state index in [0.717, 1.165) is 10.8 Å². The molecule has 23 heavy (non-hydrogen) atoms. The van der Waals surface area contributed by atoms with Crippen molar-refractivity contribution in [1.29, 1.82) is 0 Å². The van der Waals surface area contributed by atoms with Crippen molar-refractivity contribution in [3.05, 3.63) is 70.2 Å².